The first-order chi connectivity index (χ1) is 11.9. The number of nitrogens with zero attached hydrogens (tertiary/aromatic N) is 1. The van der Waals surface area contributed by atoms with E-state index in [1.165, 1.54) is 0 Å². The maximum absolute atomic E-state index is 12.2. The molecule has 138 valence electrons. The number of amides is 2. The molecular weight excluding hydrogens is 322 g/mol. The van der Waals surface area contributed by atoms with E-state index in [9.17, 15) is 9.59 Å². The van der Waals surface area contributed by atoms with E-state index in [2.05, 4.69) is 10.6 Å². The number of fused-ring (bicyclic) bond motifs is 1. The molecule has 0 fully saturated rings. The Morgan fingerprint density at radius 3 is 2.84 bits per heavy atom. The fourth-order valence-corrected chi connectivity index (χ4v) is 2.71. The van der Waals surface area contributed by atoms with Crippen molar-refractivity contribution in [1.29, 1.82) is 0 Å². The Morgan fingerprint density at radius 1 is 1.40 bits per heavy atom. The molecule has 1 aromatic carbocycles. The van der Waals surface area contributed by atoms with E-state index in [1.807, 2.05) is 25.8 Å². The molecule has 0 unspecified atom stereocenters. The predicted molar refractivity (Wildman–Crippen MR) is 96.2 cm³/mol. The lowest BCUT2D eigenvalue weighted by Gasteiger charge is -2.35. The summed E-state index contributed by atoms with van der Waals surface area (Å²) in [5.74, 6) is 0.553. The third kappa shape index (κ3) is 5.09. The van der Waals surface area contributed by atoms with Gasteiger partial charge in [0.1, 0.15) is 12.4 Å². The number of likely N-dealkylation sites (N-methyl/N-ethyl adjacent to an activating group) is 1. The van der Waals surface area contributed by atoms with Crippen molar-refractivity contribution >= 4 is 17.5 Å². The van der Waals surface area contributed by atoms with Crippen LogP contribution < -0.4 is 20.3 Å². The summed E-state index contributed by atoms with van der Waals surface area (Å²) < 4.78 is 10.7. The van der Waals surface area contributed by atoms with Crippen molar-refractivity contribution in [2.75, 3.05) is 38.8 Å². The maximum atomic E-state index is 12.2. The molecule has 1 aromatic rings. The van der Waals surface area contributed by atoms with E-state index < -0.39 is 0 Å². The topological polar surface area (TPSA) is 79.9 Å². The molecule has 7 nitrogen and oxygen atoms in total. The number of anilines is 1. The molecule has 0 radical (unpaired) electrons. The van der Waals surface area contributed by atoms with Crippen molar-refractivity contribution in [3.8, 4) is 5.75 Å². The fraction of sp³-hybridized carbons (Fsp3) is 0.556. The van der Waals surface area contributed by atoms with Gasteiger partial charge in [0.05, 0.1) is 24.8 Å². The number of carbonyl (C=O) groups is 2. The molecule has 0 aliphatic carbocycles. The molecule has 0 saturated carbocycles. The minimum absolute atomic E-state index is 0.00707. The summed E-state index contributed by atoms with van der Waals surface area (Å²) in [6, 6.07) is 5.36. The normalized spacial score (nSPS) is 16.2. The molecule has 0 bridgehead atoms. The molecule has 0 aromatic heterocycles. The van der Waals surface area contributed by atoms with Crippen LogP contribution in [0.2, 0.25) is 0 Å². The molecule has 1 heterocycles. The van der Waals surface area contributed by atoms with Gasteiger partial charge in [-0.15, -0.1) is 0 Å². The van der Waals surface area contributed by atoms with E-state index in [-0.39, 0.29) is 23.9 Å². The first kappa shape index (κ1) is 19.1. The Balaban J connectivity index is 2.07. The van der Waals surface area contributed by atoms with Gasteiger partial charge in [-0.2, -0.15) is 0 Å². The van der Waals surface area contributed by atoms with Crippen molar-refractivity contribution in [2.45, 2.75) is 32.4 Å². The van der Waals surface area contributed by atoms with Crippen LogP contribution in [0, 0.1) is 0 Å². The monoisotopic (exact) mass is 349 g/mol. The van der Waals surface area contributed by atoms with Crippen molar-refractivity contribution in [3.05, 3.63) is 23.8 Å². The van der Waals surface area contributed by atoms with Gasteiger partial charge in [0.2, 0.25) is 5.91 Å². The van der Waals surface area contributed by atoms with Gasteiger partial charge in [-0.1, -0.05) is 0 Å². The van der Waals surface area contributed by atoms with Gasteiger partial charge in [-0.05, 0) is 32.0 Å². The maximum Gasteiger partial charge on any atom is 0.251 e. The largest absolute Gasteiger partial charge is 0.489 e. The first-order valence-electron chi connectivity index (χ1n) is 8.48. The lowest BCUT2D eigenvalue weighted by Crippen LogP contribution is -2.44. The van der Waals surface area contributed by atoms with Crippen molar-refractivity contribution < 1.29 is 19.1 Å². The zero-order valence-corrected chi connectivity index (χ0v) is 15.3. The zero-order chi connectivity index (χ0) is 18.4. The number of rotatable bonds is 7. The van der Waals surface area contributed by atoms with Crippen LogP contribution in [-0.2, 0) is 9.53 Å². The molecule has 25 heavy (non-hydrogen) atoms. The number of hydrogen-bond acceptors (Lipinski definition) is 5. The highest BCUT2D eigenvalue weighted by Gasteiger charge is 2.27. The second-order valence-corrected chi connectivity index (χ2v) is 6.43. The smallest absolute Gasteiger partial charge is 0.251 e. The Labute approximate surface area is 148 Å². The summed E-state index contributed by atoms with van der Waals surface area (Å²) in [7, 11) is 3.51. The highest BCUT2D eigenvalue weighted by atomic mass is 16.5. The average molecular weight is 349 g/mol. The van der Waals surface area contributed by atoms with Crippen LogP contribution in [0.25, 0.3) is 0 Å². The van der Waals surface area contributed by atoms with E-state index in [0.717, 1.165) is 11.4 Å². The number of nitrogens with one attached hydrogen (secondary N) is 2. The molecule has 2 amide bonds. The standard InChI is InChI=1S/C18H27N3O4/c1-12(2)20-17(22)10-14-11-25-16-6-5-13(9-15(16)21(14)3)18(23)19-7-8-24-4/h5-6,9,12,14H,7-8,10-11H2,1-4H3,(H,19,23)(H,20,22)/t14-/m0/s1. The lowest BCUT2D eigenvalue weighted by atomic mass is 10.1. The molecule has 0 saturated heterocycles. The molecule has 2 N–H and O–H groups in total. The van der Waals surface area contributed by atoms with Crippen LogP contribution in [0.1, 0.15) is 30.6 Å². The highest BCUT2D eigenvalue weighted by molar-refractivity contribution is 5.95. The van der Waals surface area contributed by atoms with Gasteiger partial charge in [-0.25, -0.2) is 0 Å². The molecule has 1 aliphatic rings. The summed E-state index contributed by atoms with van der Waals surface area (Å²) in [5, 5.41) is 5.69. The predicted octanol–water partition coefficient (Wildman–Crippen LogP) is 1.17. The third-order valence-corrected chi connectivity index (χ3v) is 4.04. The van der Waals surface area contributed by atoms with Crippen LogP contribution in [0.5, 0.6) is 5.75 Å². The molecule has 1 aliphatic heterocycles. The highest BCUT2D eigenvalue weighted by Crippen LogP contribution is 2.34. The van der Waals surface area contributed by atoms with E-state index in [0.29, 0.717) is 31.7 Å². The SMILES string of the molecule is COCCNC(=O)c1ccc2c(c1)N(C)[C@@H](CC(=O)NC(C)C)CO2. The second kappa shape index (κ2) is 8.71. The van der Waals surface area contributed by atoms with Crippen molar-refractivity contribution in [3.63, 3.8) is 0 Å². The van der Waals surface area contributed by atoms with Gasteiger partial charge in [0, 0.05) is 32.3 Å². The molecule has 1 atom stereocenters. The Kier molecular flexibility index (Phi) is 6.64. The quantitative estimate of drug-likeness (QED) is 0.723. The molecule has 0 spiro atoms. The summed E-state index contributed by atoms with van der Waals surface area (Å²) in [6.07, 6.45) is 0.346. The van der Waals surface area contributed by atoms with Crippen molar-refractivity contribution in [1.82, 2.24) is 10.6 Å². The second-order valence-electron chi connectivity index (χ2n) is 6.43. The van der Waals surface area contributed by atoms with Crippen LogP contribution in [0.3, 0.4) is 0 Å². The van der Waals surface area contributed by atoms with Crippen LogP contribution >= 0.6 is 0 Å². The van der Waals surface area contributed by atoms with Crippen LogP contribution in [0.4, 0.5) is 5.69 Å². The summed E-state index contributed by atoms with van der Waals surface area (Å²) in [5.41, 5.74) is 1.37. The minimum atomic E-state index is -0.159. The Morgan fingerprint density at radius 2 is 2.16 bits per heavy atom. The lowest BCUT2D eigenvalue weighted by molar-refractivity contribution is -0.122. The van der Waals surface area contributed by atoms with E-state index in [1.54, 1.807) is 25.3 Å². The Bertz CT molecular complexity index is 618. The van der Waals surface area contributed by atoms with Gasteiger partial charge in [0.25, 0.3) is 5.91 Å². The average Bonchev–Trinajstić information content (AvgIpc) is 2.56. The summed E-state index contributed by atoms with van der Waals surface area (Å²) >= 11 is 0. The summed E-state index contributed by atoms with van der Waals surface area (Å²) in [6.45, 7) is 5.23. The van der Waals surface area contributed by atoms with Gasteiger partial charge in [0.15, 0.2) is 0 Å². The summed E-state index contributed by atoms with van der Waals surface area (Å²) in [4.78, 5) is 26.2. The molecule has 2 rings (SSSR count). The zero-order valence-electron chi connectivity index (χ0n) is 15.3. The third-order valence-electron chi connectivity index (χ3n) is 4.04. The number of benzene rings is 1. The van der Waals surface area contributed by atoms with Crippen LogP contribution in [0.15, 0.2) is 18.2 Å². The molecule has 7 heteroatoms. The minimum Gasteiger partial charge on any atom is -0.489 e. The number of hydrogen-bond donors (Lipinski definition) is 2. The fourth-order valence-electron chi connectivity index (χ4n) is 2.71. The van der Waals surface area contributed by atoms with E-state index >= 15 is 0 Å². The van der Waals surface area contributed by atoms with Crippen LogP contribution in [-0.4, -0.2) is 57.8 Å². The van der Waals surface area contributed by atoms with Gasteiger partial charge in [-0.3, -0.25) is 9.59 Å². The Hall–Kier alpha value is -2.28. The molecular formula is C18H27N3O4. The van der Waals surface area contributed by atoms with Gasteiger partial charge >= 0.3 is 0 Å². The van der Waals surface area contributed by atoms with Gasteiger partial charge < -0.3 is 25.0 Å². The van der Waals surface area contributed by atoms with E-state index in [4.69, 9.17) is 9.47 Å². The number of ether oxygens (including phenoxy) is 2. The van der Waals surface area contributed by atoms with Crippen molar-refractivity contribution in [2.24, 2.45) is 0 Å². The number of methoxy groups -OCH3 is 1. The first-order valence-corrected chi connectivity index (χ1v) is 8.48. The number of carbonyl (C=O) groups excluding carboxylic acids is 2.